The number of imidazole rings is 1. The Morgan fingerprint density at radius 2 is 1.88 bits per heavy atom. The Balaban J connectivity index is 1.87. The number of halogens is 1. The van der Waals surface area contributed by atoms with Crippen LogP contribution in [0.25, 0.3) is 11.4 Å². The molecule has 1 aromatic carbocycles. The number of carbonyl (C=O) groups is 2. The third kappa shape index (κ3) is 3.78. The molecule has 1 amide bonds. The zero-order valence-corrected chi connectivity index (χ0v) is 18.2. The third-order valence-corrected chi connectivity index (χ3v) is 5.66. The van der Waals surface area contributed by atoms with Crippen LogP contribution in [0, 0.1) is 12.7 Å². The second kappa shape index (κ2) is 8.55. The number of pyridine rings is 1. The van der Waals surface area contributed by atoms with E-state index in [1.54, 1.807) is 41.8 Å². The van der Waals surface area contributed by atoms with Crippen LogP contribution in [0.4, 0.5) is 4.39 Å². The van der Waals surface area contributed by atoms with Crippen LogP contribution in [0.1, 0.15) is 29.4 Å². The van der Waals surface area contributed by atoms with Crippen molar-refractivity contribution in [2.24, 2.45) is 0 Å². The minimum atomic E-state index is -0.813. The lowest BCUT2D eigenvalue weighted by molar-refractivity contribution is -0.139. The monoisotopic (exact) mass is 436 g/mol. The molecule has 0 aliphatic carbocycles. The number of aryl methyl sites for hydroxylation is 1. The normalized spacial score (nSPS) is 18.3. The van der Waals surface area contributed by atoms with Gasteiger partial charge in [-0.05, 0) is 63.8 Å². The van der Waals surface area contributed by atoms with Crippen LogP contribution in [0.2, 0.25) is 0 Å². The maximum Gasteiger partial charge on any atom is 0.295 e. The summed E-state index contributed by atoms with van der Waals surface area (Å²) in [5.74, 6) is -2.14. The first-order chi connectivity index (χ1) is 15.3. The number of hydrogen-bond donors (Lipinski definition) is 1. The van der Waals surface area contributed by atoms with E-state index in [0.29, 0.717) is 35.6 Å². The van der Waals surface area contributed by atoms with Crippen LogP contribution in [0.15, 0.2) is 54.2 Å². The fourth-order valence-electron chi connectivity index (χ4n) is 4.19. The molecule has 1 aliphatic heterocycles. The van der Waals surface area contributed by atoms with Gasteiger partial charge in [-0.3, -0.25) is 14.0 Å². The number of benzene rings is 1. The average Bonchev–Trinajstić information content (AvgIpc) is 3.22. The summed E-state index contributed by atoms with van der Waals surface area (Å²) in [6, 6.07) is 10.3. The van der Waals surface area contributed by atoms with Crippen LogP contribution in [-0.4, -0.2) is 63.2 Å². The highest BCUT2D eigenvalue weighted by molar-refractivity contribution is 6.46. The molecule has 1 aliphatic rings. The van der Waals surface area contributed by atoms with E-state index < -0.39 is 23.5 Å². The molecule has 3 heterocycles. The van der Waals surface area contributed by atoms with E-state index >= 15 is 0 Å². The lowest BCUT2D eigenvalue weighted by Crippen LogP contribution is -2.32. The minimum Gasteiger partial charge on any atom is -0.505 e. The number of carbonyl (C=O) groups excluding carboxylic acids is 2. The SMILES string of the molecule is Cc1nc2ccccn2c1C(O)=C1C(=O)C(=O)N(CCCN(C)C)[C@@H]1c1ccc(F)cc1. The van der Waals surface area contributed by atoms with Gasteiger partial charge in [-0.1, -0.05) is 18.2 Å². The fraction of sp³-hybridized carbons (Fsp3) is 0.292. The number of ketones is 1. The first kappa shape index (κ1) is 21.7. The van der Waals surface area contributed by atoms with E-state index in [4.69, 9.17) is 0 Å². The van der Waals surface area contributed by atoms with Crippen molar-refractivity contribution in [3.8, 4) is 0 Å². The van der Waals surface area contributed by atoms with Crippen LogP contribution in [0.3, 0.4) is 0 Å². The topological polar surface area (TPSA) is 78.1 Å². The van der Waals surface area contributed by atoms with Gasteiger partial charge in [0.15, 0.2) is 5.76 Å². The van der Waals surface area contributed by atoms with Gasteiger partial charge in [-0.15, -0.1) is 0 Å². The van der Waals surface area contributed by atoms with Crippen molar-refractivity contribution in [1.82, 2.24) is 19.2 Å². The molecule has 0 bridgehead atoms. The van der Waals surface area contributed by atoms with E-state index in [9.17, 15) is 19.1 Å². The molecule has 2 aromatic heterocycles. The first-order valence-corrected chi connectivity index (χ1v) is 10.4. The number of fused-ring (bicyclic) bond motifs is 1. The Morgan fingerprint density at radius 1 is 1.16 bits per heavy atom. The van der Waals surface area contributed by atoms with E-state index in [2.05, 4.69) is 4.98 Å². The predicted molar refractivity (Wildman–Crippen MR) is 119 cm³/mol. The Bertz CT molecular complexity index is 1210. The van der Waals surface area contributed by atoms with Gasteiger partial charge in [0.1, 0.15) is 17.2 Å². The molecule has 8 heteroatoms. The number of aliphatic hydroxyl groups excluding tert-OH is 1. The maximum absolute atomic E-state index is 13.6. The lowest BCUT2D eigenvalue weighted by Gasteiger charge is -2.26. The summed E-state index contributed by atoms with van der Waals surface area (Å²) in [6.07, 6.45) is 2.39. The summed E-state index contributed by atoms with van der Waals surface area (Å²) < 4.78 is 15.3. The maximum atomic E-state index is 13.6. The fourth-order valence-corrected chi connectivity index (χ4v) is 4.19. The van der Waals surface area contributed by atoms with Crippen molar-refractivity contribution in [2.75, 3.05) is 27.2 Å². The van der Waals surface area contributed by atoms with Gasteiger partial charge in [0.2, 0.25) is 0 Å². The Hall–Kier alpha value is -3.52. The quantitative estimate of drug-likeness (QED) is 0.365. The van der Waals surface area contributed by atoms with Crippen LogP contribution in [0.5, 0.6) is 0 Å². The Labute approximate surface area is 185 Å². The molecule has 1 saturated heterocycles. The Kier molecular flexibility index (Phi) is 5.80. The summed E-state index contributed by atoms with van der Waals surface area (Å²) >= 11 is 0. The molecule has 1 N–H and O–H groups in total. The second-order valence-corrected chi connectivity index (χ2v) is 8.18. The average molecular weight is 436 g/mol. The number of aliphatic hydroxyl groups is 1. The number of Topliss-reactive ketones (excluding diaryl/α,β-unsaturated/α-hetero) is 1. The lowest BCUT2D eigenvalue weighted by atomic mass is 9.96. The molecular formula is C24H25FN4O3. The summed E-state index contributed by atoms with van der Waals surface area (Å²) in [5, 5.41) is 11.3. The number of nitrogens with zero attached hydrogens (tertiary/aromatic N) is 4. The van der Waals surface area contributed by atoms with Gasteiger partial charge in [0.25, 0.3) is 11.7 Å². The van der Waals surface area contributed by atoms with Gasteiger partial charge >= 0.3 is 0 Å². The van der Waals surface area contributed by atoms with Crippen molar-refractivity contribution in [3.63, 3.8) is 0 Å². The zero-order valence-electron chi connectivity index (χ0n) is 18.2. The van der Waals surface area contributed by atoms with E-state index in [1.165, 1.54) is 17.0 Å². The van der Waals surface area contributed by atoms with Gasteiger partial charge in [-0.2, -0.15) is 0 Å². The molecule has 166 valence electrons. The minimum absolute atomic E-state index is 0.0137. The smallest absolute Gasteiger partial charge is 0.295 e. The second-order valence-electron chi connectivity index (χ2n) is 8.18. The largest absolute Gasteiger partial charge is 0.505 e. The van der Waals surface area contributed by atoms with E-state index in [0.717, 1.165) is 6.54 Å². The molecule has 3 aromatic rings. The van der Waals surface area contributed by atoms with Crippen LogP contribution >= 0.6 is 0 Å². The molecular weight excluding hydrogens is 411 g/mol. The third-order valence-electron chi connectivity index (χ3n) is 5.66. The molecule has 0 unspecified atom stereocenters. The van der Waals surface area contributed by atoms with Crippen molar-refractivity contribution in [3.05, 3.63) is 77.0 Å². The molecule has 4 rings (SSSR count). The van der Waals surface area contributed by atoms with Crippen LogP contribution in [-0.2, 0) is 9.59 Å². The molecule has 0 saturated carbocycles. The van der Waals surface area contributed by atoms with Crippen molar-refractivity contribution in [2.45, 2.75) is 19.4 Å². The first-order valence-electron chi connectivity index (χ1n) is 10.4. The zero-order chi connectivity index (χ0) is 23.0. The highest BCUT2D eigenvalue weighted by Crippen LogP contribution is 2.40. The number of rotatable bonds is 6. The Morgan fingerprint density at radius 3 is 2.56 bits per heavy atom. The van der Waals surface area contributed by atoms with Gasteiger partial charge < -0.3 is 14.9 Å². The number of hydrogen-bond acceptors (Lipinski definition) is 5. The molecule has 7 nitrogen and oxygen atoms in total. The molecule has 1 fully saturated rings. The van der Waals surface area contributed by atoms with Gasteiger partial charge in [-0.25, -0.2) is 9.37 Å². The van der Waals surface area contributed by atoms with Crippen molar-refractivity contribution < 1.29 is 19.1 Å². The van der Waals surface area contributed by atoms with Crippen LogP contribution < -0.4 is 0 Å². The standard InChI is InChI=1S/C24H25FN4O3/c1-15-20(28-13-5-4-7-18(28)26-15)22(30)19-21(16-8-10-17(25)11-9-16)29(24(32)23(19)31)14-6-12-27(2)3/h4-5,7-11,13,21,30H,6,12,14H2,1-3H3/t21-/m1/s1. The predicted octanol–water partition coefficient (Wildman–Crippen LogP) is 3.16. The van der Waals surface area contributed by atoms with Crippen molar-refractivity contribution >= 4 is 23.1 Å². The molecule has 0 spiro atoms. The summed E-state index contributed by atoms with van der Waals surface area (Å²) in [6.45, 7) is 2.79. The number of aromatic nitrogens is 2. The summed E-state index contributed by atoms with van der Waals surface area (Å²) in [4.78, 5) is 34.0. The molecule has 0 radical (unpaired) electrons. The van der Waals surface area contributed by atoms with Gasteiger partial charge in [0.05, 0.1) is 17.3 Å². The van der Waals surface area contributed by atoms with Crippen molar-refractivity contribution in [1.29, 1.82) is 0 Å². The van der Waals surface area contributed by atoms with E-state index in [-0.39, 0.29) is 11.3 Å². The summed E-state index contributed by atoms with van der Waals surface area (Å²) in [5.41, 5.74) is 2.05. The van der Waals surface area contributed by atoms with Gasteiger partial charge in [0, 0.05) is 12.7 Å². The highest BCUT2D eigenvalue weighted by atomic mass is 19.1. The number of likely N-dealkylation sites (tertiary alicyclic amines) is 1. The highest BCUT2D eigenvalue weighted by Gasteiger charge is 2.46. The van der Waals surface area contributed by atoms with E-state index in [1.807, 2.05) is 25.1 Å². The summed E-state index contributed by atoms with van der Waals surface area (Å²) in [7, 11) is 3.86. The number of amides is 1. The molecule has 1 atom stereocenters. The molecule has 32 heavy (non-hydrogen) atoms.